The molecule has 0 aliphatic carbocycles. The third-order valence-corrected chi connectivity index (χ3v) is 5.50. The number of piperazine rings is 1. The molecular weight excluding hydrogens is 394 g/mol. The van der Waals surface area contributed by atoms with E-state index in [0.29, 0.717) is 0 Å². The molecule has 2 heterocycles. The summed E-state index contributed by atoms with van der Waals surface area (Å²) in [5.41, 5.74) is 4.13. The van der Waals surface area contributed by atoms with Gasteiger partial charge in [0.15, 0.2) is 0 Å². The lowest BCUT2D eigenvalue weighted by Crippen LogP contribution is -2.46. The Morgan fingerprint density at radius 3 is 2.13 bits per heavy atom. The van der Waals surface area contributed by atoms with E-state index >= 15 is 0 Å². The highest BCUT2D eigenvalue weighted by molar-refractivity contribution is 6.27. The van der Waals surface area contributed by atoms with Crippen LogP contribution in [0.3, 0.4) is 0 Å². The van der Waals surface area contributed by atoms with Gasteiger partial charge in [0.25, 0.3) is 0 Å². The first-order valence-corrected chi connectivity index (χ1v) is 10.5. The number of aliphatic carboxylic acids is 2. The molecule has 3 N–H and O–H groups in total. The molecule has 0 spiro atoms. The van der Waals surface area contributed by atoms with Gasteiger partial charge in [0, 0.05) is 49.8 Å². The van der Waals surface area contributed by atoms with E-state index in [1.165, 1.54) is 67.6 Å². The van der Waals surface area contributed by atoms with E-state index < -0.39 is 11.9 Å². The number of benzene rings is 2. The number of hydrogen-bond acceptors (Lipinski definition) is 4. The van der Waals surface area contributed by atoms with Crippen molar-refractivity contribution in [2.45, 2.75) is 19.4 Å². The molecule has 7 nitrogen and oxygen atoms in total. The molecule has 0 bridgehead atoms. The molecule has 0 amide bonds. The Kier molecular flexibility index (Phi) is 8.20. The average molecular weight is 424 g/mol. The van der Waals surface area contributed by atoms with Gasteiger partial charge in [-0.25, -0.2) is 9.59 Å². The van der Waals surface area contributed by atoms with E-state index in [2.05, 4.69) is 75.6 Å². The Hall–Kier alpha value is -3.16. The summed E-state index contributed by atoms with van der Waals surface area (Å²) in [5.74, 6) is -3.65. The molecule has 0 saturated carbocycles. The monoisotopic (exact) mass is 423 g/mol. The van der Waals surface area contributed by atoms with E-state index in [-0.39, 0.29) is 0 Å². The van der Waals surface area contributed by atoms with Crippen LogP contribution in [-0.2, 0) is 22.6 Å². The van der Waals surface area contributed by atoms with E-state index in [9.17, 15) is 0 Å². The average Bonchev–Trinajstić information content (AvgIpc) is 3.19. The summed E-state index contributed by atoms with van der Waals surface area (Å²) in [7, 11) is 0. The zero-order valence-electron chi connectivity index (χ0n) is 17.5. The Labute approximate surface area is 181 Å². The van der Waals surface area contributed by atoms with E-state index in [1.54, 1.807) is 0 Å². The highest BCUT2D eigenvalue weighted by Gasteiger charge is 2.17. The van der Waals surface area contributed by atoms with Gasteiger partial charge in [0.2, 0.25) is 0 Å². The van der Waals surface area contributed by atoms with Crippen molar-refractivity contribution in [1.29, 1.82) is 0 Å². The highest BCUT2D eigenvalue weighted by atomic mass is 16.4. The Bertz CT molecular complexity index is 967. The first-order chi connectivity index (χ1) is 15.0. The van der Waals surface area contributed by atoms with Gasteiger partial charge in [-0.2, -0.15) is 0 Å². The molecule has 1 aromatic heterocycles. The van der Waals surface area contributed by atoms with Gasteiger partial charge in [-0.05, 0) is 36.6 Å². The van der Waals surface area contributed by atoms with E-state index in [1.807, 2.05) is 0 Å². The number of para-hydroxylation sites is 1. The fraction of sp³-hybridized carbons (Fsp3) is 0.333. The predicted octanol–water partition coefficient (Wildman–Crippen LogP) is 3.07. The van der Waals surface area contributed by atoms with Crippen molar-refractivity contribution < 1.29 is 19.8 Å². The van der Waals surface area contributed by atoms with Crippen LogP contribution in [0.5, 0.6) is 0 Å². The number of fused-ring (bicyclic) bond motifs is 1. The molecule has 0 unspecified atom stereocenters. The van der Waals surface area contributed by atoms with Gasteiger partial charge in [-0.15, -0.1) is 0 Å². The molecule has 7 heteroatoms. The highest BCUT2D eigenvalue weighted by Crippen LogP contribution is 2.20. The number of aryl methyl sites for hydroxylation is 1. The fourth-order valence-electron chi connectivity index (χ4n) is 3.83. The summed E-state index contributed by atoms with van der Waals surface area (Å²) in [6.45, 7) is 7.00. The number of H-pyrrole nitrogens is 1. The van der Waals surface area contributed by atoms with E-state index in [4.69, 9.17) is 19.8 Å². The number of aromatic nitrogens is 1. The minimum atomic E-state index is -1.82. The number of nitrogens with zero attached hydrogens (tertiary/aromatic N) is 2. The van der Waals surface area contributed by atoms with E-state index in [0.717, 1.165) is 6.54 Å². The van der Waals surface area contributed by atoms with Gasteiger partial charge in [-0.3, -0.25) is 4.90 Å². The van der Waals surface area contributed by atoms with Crippen LogP contribution in [0.15, 0.2) is 60.8 Å². The number of carboxylic acids is 2. The molecule has 1 fully saturated rings. The maximum absolute atomic E-state index is 9.10. The number of nitrogens with one attached hydrogen (secondary N) is 1. The molecule has 164 valence electrons. The zero-order chi connectivity index (χ0) is 22.1. The van der Waals surface area contributed by atoms with Gasteiger partial charge < -0.3 is 20.1 Å². The van der Waals surface area contributed by atoms with Crippen molar-refractivity contribution in [2.75, 3.05) is 32.7 Å². The summed E-state index contributed by atoms with van der Waals surface area (Å²) in [5, 5.41) is 16.2. The van der Waals surface area contributed by atoms with Crippen molar-refractivity contribution in [1.82, 2.24) is 14.8 Å². The van der Waals surface area contributed by atoms with Crippen LogP contribution in [0.25, 0.3) is 10.9 Å². The van der Waals surface area contributed by atoms with Crippen LogP contribution in [0.1, 0.15) is 17.5 Å². The van der Waals surface area contributed by atoms with Crippen LogP contribution in [0, 0.1) is 0 Å². The smallest absolute Gasteiger partial charge is 0.414 e. The van der Waals surface area contributed by atoms with Crippen LogP contribution < -0.4 is 0 Å². The standard InChI is InChI=1S/C22H27N3.C2H2O4/c1-2-7-19(8-3-1)9-6-12-24-13-15-25(16-14-24)18-20-17-23-22-11-5-4-10-21(20)22;3-1(4)2(5)6/h1-5,7-8,10-11,17,23H,6,9,12-16,18H2;(H,3,4)(H,5,6). The molecule has 0 atom stereocenters. The second kappa shape index (κ2) is 11.3. The topological polar surface area (TPSA) is 96.9 Å². The molecule has 1 saturated heterocycles. The number of rotatable bonds is 6. The summed E-state index contributed by atoms with van der Waals surface area (Å²) in [6.07, 6.45) is 4.62. The lowest BCUT2D eigenvalue weighted by Gasteiger charge is -2.34. The molecule has 1 aliphatic heterocycles. The summed E-state index contributed by atoms with van der Waals surface area (Å²) in [6, 6.07) is 19.4. The first kappa shape index (κ1) is 22.5. The van der Waals surface area contributed by atoms with Gasteiger partial charge >= 0.3 is 11.9 Å². The second-order valence-corrected chi connectivity index (χ2v) is 7.68. The van der Waals surface area contributed by atoms with Crippen LogP contribution in [-0.4, -0.2) is 69.7 Å². The quantitative estimate of drug-likeness (QED) is 0.527. The number of aromatic amines is 1. The third-order valence-electron chi connectivity index (χ3n) is 5.50. The van der Waals surface area contributed by atoms with Gasteiger partial charge in [-0.1, -0.05) is 48.5 Å². The lowest BCUT2D eigenvalue weighted by molar-refractivity contribution is -0.159. The predicted molar refractivity (Wildman–Crippen MR) is 120 cm³/mol. The van der Waals surface area contributed by atoms with Crippen LogP contribution in [0.4, 0.5) is 0 Å². The number of carboxylic acid groups (broad SMARTS) is 2. The van der Waals surface area contributed by atoms with Crippen molar-refractivity contribution in [3.63, 3.8) is 0 Å². The van der Waals surface area contributed by atoms with Crippen LogP contribution >= 0.6 is 0 Å². The van der Waals surface area contributed by atoms with Crippen molar-refractivity contribution >= 4 is 22.8 Å². The third kappa shape index (κ3) is 6.94. The SMILES string of the molecule is O=C(O)C(=O)O.c1ccc(CCCN2CCN(Cc3c[nH]c4ccccc34)CC2)cc1. The normalized spacial score (nSPS) is 14.7. The molecule has 1 aliphatic rings. The fourth-order valence-corrected chi connectivity index (χ4v) is 3.83. The lowest BCUT2D eigenvalue weighted by atomic mass is 10.1. The molecule has 3 aromatic rings. The molecule has 4 rings (SSSR count). The summed E-state index contributed by atoms with van der Waals surface area (Å²) >= 11 is 0. The summed E-state index contributed by atoms with van der Waals surface area (Å²) in [4.78, 5) is 26.8. The maximum Gasteiger partial charge on any atom is 0.414 e. The summed E-state index contributed by atoms with van der Waals surface area (Å²) < 4.78 is 0. The maximum atomic E-state index is 9.10. The largest absolute Gasteiger partial charge is 0.473 e. The molecule has 0 radical (unpaired) electrons. The zero-order valence-corrected chi connectivity index (χ0v) is 17.5. The van der Waals surface area contributed by atoms with Crippen molar-refractivity contribution in [3.8, 4) is 0 Å². The van der Waals surface area contributed by atoms with Crippen LogP contribution in [0.2, 0.25) is 0 Å². The number of hydrogen-bond donors (Lipinski definition) is 3. The molecular formula is C24H29N3O4. The Morgan fingerprint density at radius 1 is 0.839 bits per heavy atom. The van der Waals surface area contributed by atoms with Crippen molar-refractivity contribution in [3.05, 3.63) is 71.9 Å². The first-order valence-electron chi connectivity index (χ1n) is 10.5. The molecule has 31 heavy (non-hydrogen) atoms. The molecule has 2 aromatic carbocycles. The van der Waals surface area contributed by atoms with Gasteiger partial charge in [0.1, 0.15) is 0 Å². The minimum Gasteiger partial charge on any atom is -0.473 e. The number of carbonyl (C=O) groups is 2. The minimum absolute atomic E-state index is 1.06. The van der Waals surface area contributed by atoms with Crippen molar-refractivity contribution in [2.24, 2.45) is 0 Å². The Balaban J connectivity index is 0.000000401. The second-order valence-electron chi connectivity index (χ2n) is 7.68. The van der Waals surface area contributed by atoms with Gasteiger partial charge in [0.05, 0.1) is 0 Å². The Morgan fingerprint density at radius 2 is 1.45 bits per heavy atom.